The summed E-state index contributed by atoms with van der Waals surface area (Å²) in [5.41, 5.74) is 0. The molecule has 0 aliphatic rings. The molecule has 1 heterocycles. The van der Waals surface area contributed by atoms with Crippen LogP contribution in [0.1, 0.15) is 26.2 Å². The zero-order chi connectivity index (χ0) is 9.52. The molecule has 0 fully saturated rings. The van der Waals surface area contributed by atoms with Gasteiger partial charge in [-0.3, -0.25) is 0 Å². The Kier molecular flexibility index (Phi) is 5.00. The maximum absolute atomic E-state index is 10.6. The monoisotopic (exact) mass is 216 g/mol. The highest BCUT2D eigenvalue weighted by Gasteiger charge is 1.98. The minimum absolute atomic E-state index is 0.279. The summed E-state index contributed by atoms with van der Waals surface area (Å²) >= 11 is 3.13. The Morgan fingerprint density at radius 3 is 3.08 bits per heavy atom. The fourth-order valence-electron chi connectivity index (χ4n) is 0.862. The van der Waals surface area contributed by atoms with Crippen molar-refractivity contribution in [1.29, 1.82) is 0 Å². The predicted octanol–water partition coefficient (Wildman–Crippen LogP) is 2.39. The largest absolute Gasteiger partial charge is 0.300 e. The molecule has 1 aromatic heterocycles. The van der Waals surface area contributed by atoms with Crippen LogP contribution in [0, 0.1) is 0 Å². The van der Waals surface area contributed by atoms with Gasteiger partial charge in [-0.2, -0.15) is 4.37 Å². The van der Waals surface area contributed by atoms with Gasteiger partial charge in [-0.25, -0.2) is 4.98 Å². The lowest BCUT2D eigenvalue weighted by molar-refractivity contribution is -0.117. The van der Waals surface area contributed by atoms with Crippen LogP contribution in [0.5, 0.6) is 0 Å². The molecule has 0 saturated carbocycles. The van der Waals surface area contributed by atoms with Gasteiger partial charge in [0.15, 0.2) is 4.34 Å². The van der Waals surface area contributed by atoms with Crippen LogP contribution in [0.4, 0.5) is 0 Å². The minimum Gasteiger partial charge on any atom is -0.300 e. The predicted molar refractivity (Wildman–Crippen MR) is 55.2 cm³/mol. The van der Waals surface area contributed by atoms with E-state index in [1.807, 2.05) is 0 Å². The second-order valence-corrected chi connectivity index (χ2v) is 4.84. The van der Waals surface area contributed by atoms with E-state index < -0.39 is 0 Å². The average molecular weight is 216 g/mol. The molecular formula is C8H12N2OS2. The lowest BCUT2D eigenvalue weighted by Crippen LogP contribution is -1.90. The van der Waals surface area contributed by atoms with E-state index in [1.54, 1.807) is 25.0 Å². The molecule has 0 aliphatic heterocycles. The molecule has 0 spiro atoms. The summed E-state index contributed by atoms with van der Waals surface area (Å²) in [7, 11) is 0. The smallest absolute Gasteiger partial charge is 0.169 e. The highest BCUT2D eigenvalue weighted by molar-refractivity contribution is 8.00. The number of aromatic nitrogens is 2. The fourth-order valence-corrected chi connectivity index (χ4v) is 2.38. The molecule has 0 N–H and O–H groups in total. The van der Waals surface area contributed by atoms with Crippen molar-refractivity contribution >= 4 is 29.1 Å². The Morgan fingerprint density at radius 1 is 1.62 bits per heavy atom. The Hall–Kier alpha value is -0.420. The van der Waals surface area contributed by atoms with Gasteiger partial charge in [-0.05, 0) is 31.3 Å². The van der Waals surface area contributed by atoms with Gasteiger partial charge in [-0.15, -0.1) is 0 Å². The van der Waals surface area contributed by atoms with Gasteiger partial charge in [0, 0.05) is 12.2 Å². The van der Waals surface area contributed by atoms with Crippen molar-refractivity contribution in [3.63, 3.8) is 0 Å². The second kappa shape index (κ2) is 6.10. The van der Waals surface area contributed by atoms with Crippen LogP contribution in [0.15, 0.2) is 10.7 Å². The van der Waals surface area contributed by atoms with Crippen LogP contribution >= 0.6 is 23.3 Å². The van der Waals surface area contributed by atoms with Crippen LogP contribution in [0.25, 0.3) is 0 Å². The first-order chi connectivity index (χ1) is 6.29. The summed E-state index contributed by atoms with van der Waals surface area (Å²) in [6, 6.07) is 0. The summed E-state index contributed by atoms with van der Waals surface area (Å²) in [6.45, 7) is 1.64. The maximum atomic E-state index is 10.6. The number of ketones is 1. The highest BCUT2D eigenvalue weighted by atomic mass is 32.2. The van der Waals surface area contributed by atoms with Crippen LogP contribution in [-0.2, 0) is 4.79 Å². The number of unbranched alkanes of at least 4 members (excludes halogenated alkanes) is 1. The summed E-state index contributed by atoms with van der Waals surface area (Å²) in [4.78, 5) is 14.7. The van der Waals surface area contributed by atoms with Crippen molar-refractivity contribution in [2.24, 2.45) is 0 Å². The van der Waals surface area contributed by atoms with E-state index in [0.29, 0.717) is 6.42 Å². The number of nitrogens with zero attached hydrogens (tertiary/aromatic N) is 2. The molecule has 0 atom stereocenters. The van der Waals surface area contributed by atoms with E-state index in [1.165, 1.54) is 11.5 Å². The molecule has 0 bridgehead atoms. The number of carbonyl (C=O) groups is 1. The quantitative estimate of drug-likeness (QED) is 0.541. The van der Waals surface area contributed by atoms with Gasteiger partial charge in [0.05, 0.1) is 0 Å². The van der Waals surface area contributed by atoms with Crippen molar-refractivity contribution in [3.8, 4) is 0 Å². The molecule has 72 valence electrons. The molecule has 0 saturated heterocycles. The molecule has 13 heavy (non-hydrogen) atoms. The van der Waals surface area contributed by atoms with Gasteiger partial charge in [0.25, 0.3) is 0 Å². The van der Waals surface area contributed by atoms with Crippen molar-refractivity contribution in [2.45, 2.75) is 30.5 Å². The SMILES string of the molecule is CC(=O)CCCCSc1ncns1. The maximum Gasteiger partial charge on any atom is 0.169 e. The third kappa shape index (κ3) is 5.00. The lowest BCUT2D eigenvalue weighted by atomic mass is 10.2. The molecular weight excluding hydrogens is 204 g/mol. The van der Waals surface area contributed by atoms with E-state index in [-0.39, 0.29) is 5.78 Å². The van der Waals surface area contributed by atoms with Crippen molar-refractivity contribution in [1.82, 2.24) is 9.36 Å². The fraction of sp³-hybridized carbons (Fsp3) is 0.625. The van der Waals surface area contributed by atoms with Gasteiger partial charge in [0.1, 0.15) is 12.1 Å². The van der Waals surface area contributed by atoms with Crippen molar-refractivity contribution in [2.75, 3.05) is 5.75 Å². The molecule has 5 heteroatoms. The van der Waals surface area contributed by atoms with E-state index in [2.05, 4.69) is 9.36 Å². The van der Waals surface area contributed by atoms with E-state index >= 15 is 0 Å². The first-order valence-electron chi connectivity index (χ1n) is 4.18. The third-order valence-electron chi connectivity index (χ3n) is 1.49. The van der Waals surface area contributed by atoms with Crippen LogP contribution < -0.4 is 0 Å². The number of carbonyl (C=O) groups excluding carboxylic acids is 1. The van der Waals surface area contributed by atoms with Gasteiger partial charge in [0.2, 0.25) is 0 Å². The number of thioether (sulfide) groups is 1. The number of hydrogen-bond donors (Lipinski definition) is 0. The summed E-state index contributed by atoms with van der Waals surface area (Å²) in [5, 5.41) is 0. The Bertz CT molecular complexity index is 249. The van der Waals surface area contributed by atoms with Crippen molar-refractivity contribution < 1.29 is 4.79 Å². The van der Waals surface area contributed by atoms with Gasteiger partial charge < -0.3 is 4.79 Å². The highest BCUT2D eigenvalue weighted by Crippen LogP contribution is 2.19. The Balaban J connectivity index is 1.99. The molecule has 1 aromatic rings. The second-order valence-electron chi connectivity index (χ2n) is 2.71. The number of rotatable bonds is 6. The van der Waals surface area contributed by atoms with E-state index in [4.69, 9.17) is 0 Å². The zero-order valence-electron chi connectivity index (χ0n) is 7.52. The van der Waals surface area contributed by atoms with Gasteiger partial charge in [-0.1, -0.05) is 11.8 Å². The third-order valence-corrected chi connectivity index (χ3v) is 3.37. The Morgan fingerprint density at radius 2 is 2.46 bits per heavy atom. The molecule has 3 nitrogen and oxygen atoms in total. The average Bonchev–Trinajstić information content (AvgIpc) is 2.55. The standard InChI is InChI=1S/C8H12N2OS2/c1-7(11)4-2-3-5-12-8-9-6-10-13-8/h6H,2-5H2,1H3. The van der Waals surface area contributed by atoms with E-state index in [0.717, 1.165) is 22.9 Å². The summed E-state index contributed by atoms with van der Waals surface area (Å²) in [6.07, 6.45) is 4.34. The zero-order valence-corrected chi connectivity index (χ0v) is 9.16. The minimum atomic E-state index is 0.279. The molecule has 0 unspecified atom stereocenters. The summed E-state index contributed by atoms with van der Waals surface area (Å²) in [5.74, 6) is 1.31. The molecule has 0 amide bonds. The van der Waals surface area contributed by atoms with E-state index in [9.17, 15) is 4.79 Å². The van der Waals surface area contributed by atoms with Crippen molar-refractivity contribution in [3.05, 3.63) is 6.33 Å². The lowest BCUT2D eigenvalue weighted by Gasteiger charge is -1.95. The molecule has 0 aromatic carbocycles. The normalized spacial score (nSPS) is 10.2. The molecule has 0 aliphatic carbocycles. The summed E-state index contributed by atoms with van der Waals surface area (Å²) < 4.78 is 4.92. The van der Waals surface area contributed by atoms with Crippen LogP contribution in [0.3, 0.4) is 0 Å². The van der Waals surface area contributed by atoms with Gasteiger partial charge >= 0.3 is 0 Å². The first-order valence-corrected chi connectivity index (χ1v) is 5.94. The number of Topliss-reactive ketones (excluding diaryl/α,β-unsaturated/α-hetero) is 1. The first kappa shape index (κ1) is 10.7. The molecule has 0 radical (unpaired) electrons. The topological polar surface area (TPSA) is 42.9 Å². The number of hydrogen-bond acceptors (Lipinski definition) is 5. The molecule has 1 rings (SSSR count). The Labute approximate surface area is 86.1 Å². The van der Waals surface area contributed by atoms with Crippen LogP contribution in [-0.4, -0.2) is 20.9 Å². The van der Waals surface area contributed by atoms with Crippen LogP contribution in [0.2, 0.25) is 0 Å².